The average molecular weight is 243 g/mol. The lowest BCUT2D eigenvalue weighted by molar-refractivity contribution is -0.139. The van der Waals surface area contributed by atoms with Crippen molar-refractivity contribution in [3.8, 4) is 0 Å². The van der Waals surface area contributed by atoms with Crippen molar-refractivity contribution in [3.05, 3.63) is 16.6 Å². The number of thiazole rings is 1. The third-order valence-corrected chi connectivity index (χ3v) is 2.67. The summed E-state index contributed by atoms with van der Waals surface area (Å²) in [6, 6.07) is -1.35. The number of carbonyl (C=O) groups is 2. The van der Waals surface area contributed by atoms with Crippen molar-refractivity contribution in [2.45, 2.75) is 25.9 Å². The highest BCUT2D eigenvalue weighted by Crippen LogP contribution is 2.02. The molecular formula is C9H13N3O3S. The fourth-order valence-corrected chi connectivity index (χ4v) is 1.60. The van der Waals surface area contributed by atoms with Gasteiger partial charge in [-0.05, 0) is 6.42 Å². The van der Waals surface area contributed by atoms with Crippen molar-refractivity contribution in [2.75, 3.05) is 0 Å². The molecule has 0 spiro atoms. The van der Waals surface area contributed by atoms with Crippen molar-refractivity contribution in [1.29, 1.82) is 0 Å². The molecule has 1 rings (SSSR count). The number of carboxylic acids is 1. The number of urea groups is 1. The van der Waals surface area contributed by atoms with E-state index >= 15 is 0 Å². The summed E-state index contributed by atoms with van der Waals surface area (Å²) in [6.45, 7) is 2.00. The molecule has 0 aliphatic carbocycles. The van der Waals surface area contributed by atoms with Crippen LogP contribution in [0.3, 0.4) is 0 Å². The van der Waals surface area contributed by atoms with E-state index in [4.69, 9.17) is 5.11 Å². The Morgan fingerprint density at radius 3 is 2.88 bits per heavy atom. The molecule has 0 saturated carbocycles. The number of aliphatic carboxylic acids is 1. The minimum absolute atomic E-state index is 0.305. The van der Waals surface area contributed by atoms with Gasteiger partial charge < -0.3 is 15.7 Å². The van der Waals surface area contributed by atoms with Gasteiger partial charge in [0.1, 0.15) is 11.0 Å². The number of rotatable bonds is 5. The zero-order chi connectivity index (χ0) is 12.0. The van der Waals surface area contributed by atoms with Crippen LogP contribution in [0.5, 0.6) is 0 Å². The number of nitrogens with zero attached hydrogens (tertiary/aromatic N) is 1. The summed E-state index contributed by atoms with van der Waals surface area (Å²) in [7, 11) is 0. The molecule has 0 fully saturated rings. The standard InChI is InChI=1S/C9H13N3O3S/c1-2-6(8(13)14)12-9(15)11-5-7-10-3-4-16-7/h3-4,6H,2,5H2,1H3,(H,13,14)(H2,11,12,15)/t6-/m1/s1. The molecule has 1 aromatic heterocycles. The van der Waals surface area contributed by atoms with Crippen LogP contribution in [0.15, 0.2) is 11.6 Å². The normalized spacial score (nSPS) is 11.8. The van der Waals surface area contributed by atoms with Gasteiger partial charge in [-0.25, -0.2) is 14.6 Å². The molecule has 88 valence electrons. The van der Waals surface area contributed by atoms with E-state index in [0.717, 1.165) is 5.01 Å². The summed E-state index contributed by atoms with van der Waals surface area (Å²) in [5.74, 6) is -1.04. The van der Waals surface area contributed by atoms with Crippen LogP contribution in [0.25, 0.3) is 0 Å². The summed E-state index contributed by atoms with van der Waals surface area (Å²) in [4.78, 5) is 25.9. The molecule has 0 aliphatic rings. The molecule has 0 aliphatic heterocycles. The lowest BCUT2D eigenvalue weighted by Gasteiger charge is -2.12. The van der Waals surface area contributed by atoms with E-state index in [1.54, 1.807) is 18.5 Å². The van der Waals surface area contributed by atoms with Gasteiger partial charge in [0.15, 0.2) is 0 Å². The third kappa shape index (κ3) is 3.85. The smallest absolute Gasteiger partial charge is 0.326 e. The Labute approximate surface area is 96.7 Å². The van der Waals surface area contributed by atoms with Gasteiger partial charge >= 0.3 is 12.0 Å². The van der Waals surface area contributed by atoms with E-state index in [1.165, 1.54) is 11.3 Å². The van der Waals surface area contributed by atoms with Gasteiger partial charge in [-0.15, -0.1) is 11.3 Å². The monoisotopic (exact) mass is 243 g/mol. The number of aromatic nitrogens is 1. The molecule has 2 amide bonds. The fourth-order valence-electron chi connectivity index (χ4n) is 1.04. The van der Waals surface area contributed by atoms with Gasteiger partial charge in [0.2, 0.25) is 0 Å². The molecule has 0 saturated heterocycles. The summed E-state index contributed by atoms with van der Waals surface area (Å²) in [5, 5.41) is 16.2. The lowest BCUT2D eigenvalue weighted by atomic mass is 10.2. The van der Waals surface area contributed by atoms with Gasteiger partial charge in [0.05, 0.1) is 6.54 Å². The molecule has 7 heteroatoms. The molecule has 16 heavy (non-hydrogen) atoms. The number of carbonyl (C=O) groups excluding carboxylic acids is 1. The molecule has 0 unspecified atom stereocenters. The SMILES string of the molecule is CC[C@@H](NC(=O)NCc1nccs1)C(=O)O. The second-order valence-corrected chi connectivity index (χ2v) is 4.03. The van der Waals surface area contributed by atoms with Crippen LogP contribution in [0.4, 0.5) is 4.79 Å². The fraction of sp³-hybridized carbons (Fsp3) is 0.444. The molecule has 1 aromatic rings. The second-order valence-electron chi connectivity index (χ2n) is 3.05. The van der Waals surface area contributed by atoms with Gasteiger partial charge in [0.25, 0.3) is 0 Å². The number of nitrogens with one attached hydrogen (secondary N) is 2. The topological polar surface area (TPSA) is 91.3 Å². The predicted molar refractivity (Wildman–Crippen MR) is 59.2 cm³/mol. The molecule has 0 bridgehead atoms. The number of amides is 2. The number of carboxylic acid groups (broad SMARTS) is 1. The minimum Gasteiger partial charge on any atom is -0.480 e. The first kappa shape index (κ1) is 12.4. The average Bonchev–Trinajstić information content (AvgIpc) is 2.75. The summed E-state index contributed by atoms with van der Waals surface area (Å²) >= 11 is 1.43. The largest absolute Gasteiger partial charge is 0.480 e. The highest BCUT2D eigenvalue weighted by atomic mass is 32.1. The molecule has 1 atom stereocenters. The third-order valence-electron chi connectivity index (χ3n) is 1.90. The summed E-state index contributed by atoms with van der Waals surface area (Å²) < 4.78 is 0. The first-order valence-corrected chi connectivity index (χ1v) is 5.67. The molecule has 0 radical (unpaired) electrons. The van der Waals surface area contributed by atoms with Crippen molar-refractivity contribution in [2.24, 2.45) is 0 Å². The highest BCUT2D eigenvalue weighted by Gasteiger charge is 2.16. The predicted octanol–water partition coefficient (Wildman–Crippen LogP) is 0.805. The molecule has 6 nitrogen and oxygen atoms in total. The van der Waals surface area contributed by atoms with E-state index in [9.17, 15) is 9.59 Å². The van der Waals surface area contributed by atoms with E-state index in [0.29, 0.717) is 13.0 Å². The van der Waals surface area contributed by atoms with Crippen LogP contribution in [-0.4, -0.2) is 28.1 Å². The van der Waals surface area contributed by atoms with Crippen LogP contribution in [0.1, 0.15) is 18.4 Å². The van der Waals surface area contributed by atoms with E-state index in [2.05, 4.69) is 15.6 Å². The molecular weight excluding hydrogens is 230 g/mol. The van der Waals surface area contributed by atoms with E-state index < -0.39 is 18.0 Å². The zero-order valence-electron chi connectivity index (χ0n) is 8.77. The second kappa shape index (κ2) is 6.06. The number of hydrogen-bond donors (Lipinski definition) is 3. The first-order chi connectivity index (χ1) is 7.63. The minimum atomic E-state index is -1.04. The Morgan fingerprint density at radius 2 is 2.38 bits per heavy atom. The molecule has 3 N–H and O–H groups in total. The van der Waals surface area contributed by atoms with Crippen molar-refractivity contribution >= 4 is 23.3 Å². The Morgan fingerprint density at radius 1 is 1.62 bits per heavy atom. The van der Waals surface area contributed by atoms with Crippen molar-refractivity contribution in [3.63, 3.8) is 0 Å². The quantitative estimate of drug-likeness (QED) is 0.713. The Kier molecular flexibility index (Phi) is 4.71. The van der Waals surface area contributed by atoms with Crippen LogP contribution < -0.4 is 10.6 Å². The Hall–Kier alpha value is -1.63. The van der Waals surface area contributed by atoms with Gasteiger partial charge in [0, 0.05) is 11.6 Å². The maximum absolute atomic E-state index is 11.3. The van der Waals surface area contributed by atoms with Crippen LogP contribution in [0.2, 0.25) is 0 Å². The van der Waals surface area contributed by atoms with Crippen molar-refractivity contribution in [1.82, 2.24) is 15.6 Å². The van der Waals surface area contributed by atoms with Crippen molar-refractivity contribution < 1.29 is 14.7 Å². The Bertz CT molecular complexity index is 353. The Balaban J connectivity index is 2.33. The molecule has 0 aromatic carbocycles. The first-order valence-electron chi connectivity index (χ1n) is 4.79. The van der Waals surface area contributed by atoms with Crippen LogP contribution in [-0.2, 0) is 11.3 Å². The molecule has 1 heterocycles. The summed E-state index contributed by atoms with van der Waals surface area (Å²) in [6.07, 6.45) is 1.99. The van der Waals surface area contributed by atoms with Crippen LogP contribution in [0, 0.1) is 0 Å². The van der Waals surface area contributed by atoms with Gasteiger partial charge in [-0.2, -0.15) is 0 Å². The maximum Gasteiger partial charge on any atom is 0.326 e. The van der Waals surface area contributed by atoms with Gasteiger partial charge in [-0.3, -0.25) is 0 Å². The zero-order valence-corrected chi connectivity index (χ0v) is 9.58. The summed E-state index contributed by atoms with van der Waals surface area (Å²) in [5.41, 5.74) is 0. The highest BCUT2D eigenvalue weighted by molar-refractivity contribution is 7.09. The number of hydrogen-bond acceptors (Lipinski definition) is 4. The van der Waals surface area contributed by atoms with E-state index in [1.807, 2.05) is 0 Å². The van der Waals surface area contributed by atoms with Gasteiger partial charge in [-0.1, -0.05) is 6.92 Å². The van der Waals surface area contributed by atoms with Crippen LogP contribution >= 0.6 is 11.3 Å². The maximum atomic E-state index is 11.3. The van der Waals surface area contributed by atoms with E-state index in [-0.39, 0.29) is 0 Å². The lowest BCUT2D eigenvalue weighted by Crippen LogP contribution is -2.45.